The van der Waals surface area contributed by atoms with E-state index in [1.54, 1.807) is 0 Å². The highest BCUT2D eigenvalue weighted by molar-refractivity contribution is 6.26. The van der Waals surface area contributed by atoms with Crippen LogP contribution in [0.15, 0.2) is 170 Å². The van der Waals surface area contributed by atoms with Crippen molar-refractivity contribution < 1.29 is 0 Å². The fourth-order valence-electron chi connectivity index (χ4n) is 10.1. The maximum atomic E-state index is 2.58. The molecule has 0 aromatic heterocycles. The number of hydrogen-bond donors (Lipinski definition) is 0. The molecule has 0 fully saturated rings. The number of para-hydroxylation sites is 2. The fourth-order valence-corrected chi connectivity index (χ4v) is 10.1. The van der Waals surface area contributed by atoms with Gasteiger partial charge < -0.3 is 14.7 Å². The van der Waals surface area contributed by atoms with E-state index in [2.05, 4.69) is 247 Å². The molecule has 0 saturated heterocycles. The zero-order chi connectivity index (χ0) is 43.6. The molecule has 3 heteroatoms. The van der Waals surface area contributed by atoms with Crippen LogP contribution in [0.1, 0.15) is 79.0 Å². The Hall–Kier alpha value is -6.84. The summed E-state index contributed by atoms with van der Waals surface area (Å²) in [6, 6.07) is 64.2. The van der Waals surface area contributed by atoms with Crippen LogP contribution in [0.3, 0.4) is 0 Å². The number of rotatable bonds is 3. The molecule has 310 valence electrons. The molecule has 0 amide bonds. The molecule has 0 radical (unpaired) electrons. The predicted octanol–water partition coefficient (Wildman–Crippen LogP) is 17.7. The standard InChI is InChI=1S/C60H55N3/c1-58(2,3)39-26-30-42(31-27-39)61-51-33-28-40(59(4,5)6)36-55(51)63-56-37-41(60(7,8)9)29-34-52(56)62(54-24-16-23-53(61)57(54)63)50-22-15-14-17-43(50)38-25-32-48-46-20-11-10-18-44(46)45-19-12-13-21-47(45)49(48)35-38/h10-37H,1-9H3. The average molecular weight is 818 g/mol. The summed E-state index contributed by atoms with van der Waals surface area (Å²) in [5.74, 6) is 0. The van der Waals surface area contributed by atoms with E-state index >= 15 is 0 Å². The second-order valence-corrected chi connectivity index (χ2v) is 20.7. The summed E-state index contributed by atoms with van der Waals surface area (Å²) in [6.45, 7) is 20.8. The molecular formula is C60H55N3. The third kappa shape index (κ3) is 6.15. The Morgan fingerprint density at radius 2 is 0.730 bits per heavy atom. The normalized spacial score (nSPS) is 13.7. The van der Waals surface area contributed by atoms with Gasteiger partial charge in [0.25, 0.3) is 0 Å². The van der Waals surface area contributed by atoms with Gasteiger partial charge in [0, 0.05) is 11.3 Å². The van der Waals surface area contributed by atoms with Crippen molar-refractivity contribution in [3.63, 3.8) is 0 Å². The summed E-state index contributed by atoms with van der Waals surface area (Å²) in [4.78, 5) is 7.60. The highest BCUT2D eigenvalue weighted by Gasteiger charge is 2.40. The molecule has 0 spiro atoms. The molecule has 0 aliphatic carbocycles. The van der Waals surface area contributed by atoms with Crippen molar-refractivity contribution in [3.05, 3.63) is 187 Å². The number of anilines is 9. The van der Waals surface area contributed by atoms with Gasteiger partial charge in [0.2, 0.25) is 0 Å². The predicted molar refractivity (Wildman–Crippen MR) is 272 cm³/mol. The van der Waals surface area contributed by atoms with E-state index in [0.717, 1.165) is 28.4 Å². The minimum absolute atomic E-state index is 0.0394. The summed E-state index contributed by atoms with van der Waals surface area (Å²) in [5.41, 5.74) is 16.8. The minimum Gasteiger partial charge on any atom is -0.306 e. The first kappa shape index (κ1) is 39.0. The van der Waals surface area contributed by atoms with Crippen molar-refractivity contribution in [2.45, 2.75) is 78.6 Å². The van der Waals surface area contributed by atoms with E-state index in [0.29, 0.717) is 0 Å². The van der Waals surface area contributed by atoms with Crippen LogP contribution in [-0.2, 0) is 16.2 Å². The zero-order valence-corrected chi connectivity index (χ0v) is 38.0. The van der Waals surface area contributed by atoms with Gasteiger partial charge in [0.15, 0.2) is 0 Å². The van der Waals surface area contributed by atoms with Crippen LogP contribution < -0.4 is 14.7 Å². The maximum absolute atomic E-state index is 2.58. The largest absolute Gasteiger partial charge is 0.306 e. The third-order valence-corrected chi connectivity index (χ3v) is 13.5. The van der Waals surface area contributed by atoms with Gasteiger partial charge in [-0.3, -0.25) is 0 Å². The van der Waals surface area contributed by atoms with Crippen LogP contribution in [0.2, 0.25) is 0 Å². The van der Waals surface area contributed by atoms with E-state index in [1.807, 2.05) is 0 Å². The quantitative estimate of drug-likeness (QED) is 0.164. The van der Waals surface area contributed by atoms with Crippen molar-refractivity contribution >= 4 is 83.5 Å². The van der Waals surface area contributed by atoms with Crippen LogP contribution in [0.4, 0.5) is 51.2 Å². The van der Waals surface area contributed by atoms with Crippen LogP contribution in [0.25, 0.3) is 43.4 Å². The molecule has 0 atom stereocenters. The van der Waals surface area contributed by atoms with Crippen LogP contribution in [0, 0.1) is 0 Å². The lowest BCUT2D eigenvalue weighted by molar-refractivity contribution is 0.590. The Balaban J connectivity index is 1.19. The second-order valence-electron chi connectivity index (χ2n) is 20.7. The van der Waals surface area contributed by atoms with Gasteiger partial charge in [-0.1, -0.05) is 172 Å². The SMILES string of the molecule is CC(C)(C)c1ccc(N2c3ccc(C(C)(C)C)cc3N3c4cc(C(C)(C)C)ccc4N(c4ccccc4-c4ccc5c6ccccc6c6ccccc6c5c4)c4cccc2c43)cc1. The van der Waals surface area contributed by atoms with Crippen molar-refractivity contribution in [3.8, 4) is 11.1 Å². The van der Waals surface area contributed by atoms with E-state index < -0.39 is 0 Å². The highest BCUT2D eigenvalue weighted by Crippen LogP contribution is 2.64. The van der Waals surface area contributed by atoms with Crippen molar-refractivity contribution in [1.82, 2.24) is 0 Å². The molecule has 2 aliphatic rings. The second kappa shape index (κ2) is 13.8. The van der Waals surface area contributed by atoms with E-state index in [9.17, 15) is 0 Å². The molecule has 2 heterocycles. The Morgan fingerprint density at radius 1 is 0.286 bits per heavy atom. The summed E-state index contributed by atoms with van der Waals surface area (Å²) < 4.78 is 0. The van der Waals surface area contributed by atoms with Gasteiger partial charge in [0.1, 0.15) is 0 Å². The molecule has 9 aromatic rings. The third-order valence-electron chi connectivity index (χ3n) is 13.5. The molecule has 3 nitrogen and oxygen atoms in total. The average Bonchev–Trinajstić information content (AvgIpc) is 3.27. The van der Waals surface area contributed by atoms with E-state index in [4.69, 9.17) is 0 Å². The molecule has 0 bridgehead atoms. The molecule has 11 rings (SSSR count). The van der Waals surface area contributed by atoms with Crippen molar-refractivity contribution in [1.29, 1.82) is 0 Å². The number of hydrogen-bond acceptors (Lipinski definition) is 3. The van der Waals surface area contributed by atoms with Gasteiger partial charge in [-0.15, -0.1) is 0 Å². The Labute approximate surface area is 372 Å². The molecule has 63 heavy (non-hydrogen) atoms. The summed E-state index contributed by atoms with van der Waals surface area (Å²) in [6.07, 6.45) is 0. The summed E-state index contributed by atoms with van der Waals surface area (Å²) >= 11 is 0. The smallest absolute Gasteiger partial charge is 0.0947 e. The van der Waals surface area contributed by atoms with E-state index in [-0.39, 0.29) is 16.2 Å². The first-order valence-electron chi connectivity index (χ1n) is 22.5. The van der Waals surface area contributed by atoms with Crippen LogP contribution >= 0.6 is 0 Å². The van der Waals surface area contributed by atoms with Gasteiger partial charge >= 0.3 is 0 Å². The Bertz CT molecular complexity index is 3260. The van der Waals surface area contributed by atoms with Gasteiger partial charge in [0.05, 0.1) is 45.5 Å². The van der Waals surface area contributed by atoms with E-state index in [1.165, 1.54) is 82.9 Å². The molecule has 2 aliphatic heterocycles. The number of benzene rings is 9. The summed E-state index contributed by atoms with van der Waals surface area (Å²) in [5, 5.41) is 7.69. The van der Waals surface area contributed by atoms with Crippen LogP contribution in [0.5, 0.6) is 0 Å². The maximum Gasteiger partial charge on any atom is 0.0947 e. The molecular weight excluding hydrogens is 763 g/mol. The highest BCUT2D eigenvalue weighted by atomic mass is 15.3. The zero-order valence-electron chi connectivity index (χ0n) is 38.0. The molecule has 0 unspecified atom stereocenters. The first-order valence-corrected chi connectivity index (χ1v) is 22.5. The van der Waals surface area contributed by atoms with Gasteiger partial charge in [-0.25, -0.2) is 0 Å². The molecule has 9 aromatic carbocycles. The molecule has 0 N–H and O–H groups in total. The minimum atomic E-state index is -0.0533. The van der Waals surface area contributed by atoms with Gasteiger partial charge in [-0.05, 0) is 131 Å². The number of nitrogens with zero attached hydrogens (tertiary/aromatic N) is 3. The Kier molecular flexibility index (Phi) is 8.57. The van der Waals surface area contributed by atoms with Crippen LogP contribution in [-0.4, -0.2) is 0 Å². The lowest BCUT2D eigenvalue weighted by atomic mass is 9.84. The lowest BCUT2D eigenvalue weighted by Gasteiger charge is -2.48. The Morgan fingerprint density at radius 3 is 1.29 bits per heavy atom. The molecule has 0 saturated carbocycles. The summed E-state index contributed by atoms with van der Waals surface area (Å²) in [7, 11) is 0. The fraction of sp³-hybridized carbons (Fsp3) is 0.200. The van der Waals surface area contributed by atoms with Crippen molar-refractivity contribution in [2.75, 3.05) is 14.7 Å². The number of fused-ring (bicyclic) bond motifs is 10. The first-order chi connectivity index (χ1) is 30.2. The monoisotopic (exact) mass is 817 g/mol. The van der Waals surface area contributed by atoms with Gasteiger partial charge in [-0.2, -0.15) is 0 Å². The lowest BCUT2D eigenvalue weighted by Crippen LogP contribution is -2.31. The topological polar surface area (TPSA) is 9.72 Å². The van der Waals surface area contributed by atoms with Crippen molar-refractivity contribution in [2.24, 2.45) is 0 Å².